The van der Waals surface area contributed by atoms with Crippen molar-refractivity contribution in [2.45, 2.75) is 76.5 Å². The number of hydrogen-bond acceptors (Lipinski definition) is 4. The Morgan fingerprint density at radius 1 is 0.971 bits per heavy atom. The van der Waals surface area contributed by atoms with Crippen molar-refractivity contribution in [3.05, 3.63) is 59.2 Å². The average molecular weight is 464 g/mol. The van der Waals surface area contributed by atoms with Gasteiger partial charge in [0.1, 0.15) is 6.10 Å². The molecule has 182 valence electrons. The maximum absolute atomic E-state index is 13.5. The normalized spacial score (nSPS) is 20.8. The third kappa shape index (κ3) is 5.41. The Morgan fingerprint density at radius 3 is 2.41 bits per heavy atom. The van der Waals surface area contributed by atoms with Crippen molar-refractivity contribution in [1.29, 1.82) is 0 Å². The molecule has 5 rings (SSSR count). The molecule has 0 aromatic heterocycles. The van der Waals surface area contributed by atoms with Gasteiger partial charge in [-0.3, -0.25) is 4.79 Å². The molecular weight excluding hydrogens is 426 g/mol. The van der Waals surface area contributed by atoms with Crippen molar-refractivity contribution in [2.24, 2.45) is 5.92 Å². The fourth-order valence-corrected chi connectivity index (χ4v) is 5.78. The van der Waals surface area contributed by atoms with Crippen LogP contribution in [0.4, 0.5) is 0 Å². The van der Waals surface area contributed by atoms with E-state index in [2.05, 4.69) is 30.3 Å². The number of ether oxygens (including phenoxy) is 3. The maximum Gasteiger partial charge on any atom is 0.226 e. The van der Waals surface area contributed by atoms with Crippen molar-refractivity contribution in [3.8, 4) is 11.5 Å². The molecule has 5 nitrogen and oxygen atoms in total. The summed E-state index contributed by atoms with van der Waals surface area (Å²) in [4.78, 5) is 15.5. The molecule has 0 bridgehead atoms. The quantitative estimate of drug-likeness (QED) is 0.531. The fraction of sp³-hybridized carbons (Fsp3) is 0.552. The lowest BCUT2D eigenvalue weighted by Gasteiger charge is -2.31. The van der Waals surface area contributed by atoms with Gasteiger partial charge in [0.2, 0.25) is 5.91 Å². The predicted molar refractivity (Wildman–Crippen MR) is 132 cm³/mol. The van der Waals surface area contributed by atoms with Gasteiger partial charge in [-0.25, -0.2) is 0 Å². The topological polar surface area (TPSA) is 48.0 Å². The van der Waals surface area contributed by atoms with Gasteiger partial charge in [0.05, 0.1) is 13.2 Å². The lowest BCUT2D eigenvalue weighted by molar-refractivity contribution is -0.138. The molecule has 34 heavy (non-hydrogen) atoms. The van der Waals surface area contributed by atoms with Crippen LogP contribution in [-0.4, -0.2) is 43.3 Å². The average Bonchev–Trinajstić information content (AvgIpc) is 3.54. The highest BCUT2D eigenvalue weighted by atomic mass is 16.5. The zero-order valence-electron chi connectivity index (χ0n) is 20.3. The Hall–Kier alpha value is -2.53. The van der Waals surface area contributed by atoms with E-state index < -0.39 is 0 Å². The van der Waals surface area contributed by atoms with E-state index in [1.807, 2.05) is 17.0 Å². The molecule has 0 spiro atoms. The molecule has 3 aliphatic rings. The Labute approximate surface area is 203 Å². The first kappa shape index (κ1) is 23.2. The van der Waals surface area contributed by atoms with Gasteiger partial charge in [0.15, 0.2) is 11.5 Å². The van der Waals surface area contributed by atoms with E-state index in [1.54, 1.807) is 7.11 Å². The maximum atomic E-state index is 13.5. The third-order valence-corrected chi connectivity index (χ3v) is 7.62. The highest BCUT2D eigenvalue weighted by Gasteiger charge is 2.29. The minimum atomic E-state index is 0.126. The van der Waals surface area contributed by atoms with Crippen LogP contribution in [0.1, 0.15) is 61.6 Å². The molecule has 0 unspecified atom stereocenters. The monoisotopic (exact) mass is 463 g/mol. The first-order valence-corrected chi connectivity index (χ1v) is 13.0. The van der Waals surface area contributed by atoms with Gasteiger partial charge in [-0.05, 0) is 54.5 Å². The number of amides is 1. The van der Waals surface area contributed by atoms with Gasteiger partial charge in [-0.2, -0.15) is 0 Å². The summed E-state index contributed by atoms with van der Waals surface area (Å²) < 4.78 is 18.0. The summed E-state index contributed by atoms with van der Waals surface area (Å²) in [5.74, 6) is 1.95. The second-order valence-electron chi connectivity index (χ2n) is 10.1. The van der Waals surface area contributed by atoms with E-state index in [9.17, 15) is 4.79 Å². The van der Waals surface area contributed by atoms with Crippen molar-refractivity contribution in [2.75, 3.05) is 20.3 Å². The van der Waals surface area contributed by atoms with E-state index in [4.69, 9.17) is 14.2 Å². The summed E-state index contributed by atoms with van der Waals surface area (Å²) >= 11 is 0. The molecule has 1 amide bonds. The van der Waals surface area contributed by atoms with Crippen LogP contribution in [0.5, 0.6) is 11.5 Å². The molecule has 2 aromatic carbocycles. The van der Waals surface area contributed by atoms with Gasteiger partial charge < -0.3 is 19.1 Å². The van der Waals surface area contributed by atoms with Crippen molar-refractivity contribution < 1.29 is 19.0 Å². The fourth-order valence-electron chi connectivity index (χ4n) is 5.78. The number of benzene rings is 2. The third-order valence-electron chi connectivity index (χ3n) is 7.62. The molecule has 5 heteroatoms. The molecule has 1 heterocycles. The number of fused-ring (bicyclic) bond motifs is 1. The minimum Gasteiger partial charge on any atom is -0.493 e. The molecule has 1 atom stereocenters. The summed E-state index contributed by atoms with van der Waals surface area (Å²) in [6, 6.07) is 14.7. The Morgan fingerprint density at radius 2 is 1.74 bits per heavy atom. The molecule has 2 aliphatic carbocycles. The molecule has 2 aromatic rings. The van der Waals surface area contributed by atoms with Crippen molar-refractivity contribution in [1.82, 2.24) is 4.90 Å². The molecule has 1 aliphatic heterocycles. The summed E-state index contributed by atoms with van der Waals surface area (Å²) in [5.41, 5.74) is 3.81. The second-order valence-corrected chi connectivity index (χ2v) is 10.1. The molecule has 0 N–H and O–H groups in total. The zero-order chi connectivity index (χ0) is 23.3. The predicted octanol–water partition coefficient (Wildman–Crippen LogP) is 5.33. The minimum absolute atomic E-state index is 0.126. The first-order chi connectivity index (χ1) is 16.7. The number of methoxy groups -OCH3 is 1. The second kappa shape index (κ2) is 10.8. The highest BCUT2D eigenvalue weighted by Crippen LogP contribution is 2.33. The van der Waals surface area contributed by atoms with Gasteiger partial charge in [0, 0.05) is 38.5 Å². The van der Waals surface area contributed by atoms with Gasteiger partial charge in [-0.15, -0.1) is 0 Å². The Bertz CT molecular complexity index is 953. The van der Waals surface area contributed by atoms with E-state index in [0.29, 0.717) is 19.0 Å². The summed E-state index contributed by atoms with van der Waals surface area (Å²) in [5, 5.41) is 0. The zero-order valence-corrected chi connectivity index (χ0v) is 20.3. The Kier molecular flexibility index (Phi) is 7.39. The smallest absolute Gasteiger partial charge is 0.226 e. The number of carbonyl (C=O) groups is 1. The number of carbonyl (C=O) groups excluding carboxylic acids is 1. The summed E-state index contributed by atoms with van der Waals surface area (Å²) in [7, 11) is 1.69. The molecular formula is C29H37NO4. The molecule has 2 fully saturated rings. The number of rotatable bonds is 8. The van der Waals surface area contributed by atoms with E-state index in [0.717, 1.165) is 75.0 Å². The summed E-state index contributed by atoms with van der Waals surface area (Å²) in [6.07, 6.45) is 9.85. The van der Waals surface area contributed by atoms with E-state index in [-0.39, 0.29) is 18.1 Å². The van der Waals surface area contributed by atoms with E-state index >= 15 is 0 Å². The van der Waals surface area contributed by atoms with E-state index in [1.165, 1.54) is 17.5 Å². The van der Waals surface area contributed by atoms with Gasteiger partial charge >= 0.3 is 0 Å². The largest absolute Gasteiger partial charge is 0.493 e. The lowest BCUT2D eigenvalue weighted by Crippen LogP contribution is -2.41. The van der Waals surface area contributed by atoms with Gasteiger partial charge in [-0.1, -0.05) is 49.6 Å². The van der Waals surface area contributed by atoms with Crippen molar-refractivity contribution >= 4 is 5.91 Å². The van der Waals surface area contributed by atoms with Crippen LogP contribution < -0.4 is 9.47 Å². The lowest BCUT2D eigenvalue weighted by atomic mass is 9.88. The van der Waals surface area contributed by atoms with Crippen LogP contribution in [0, 0.1) is 5.92 Å². The summed E-state index contributed by atoms with van der Waals surface area (Å²) in [6.45, 7) is 2.07. The number of nitrogens with zero attached hydrogens (tertiary/aromatic N) is 1. The standard InChI is InChI=1S/C29H37NO4/c1-32-28-16-21(13-14-27(28)34-26-17-23-10-5-6-11-24(23)18-26)19-30(20-25-12-7-15-33-25)29(31)22-8-3-2-4-9-22/h5-6,10-11,13-14,16,22,25-26H,2-4,7-9,12,15,17-20H2,1H3/t25-/m1/s1. The van der Waals surface area contributed by atoms with Crippen LogP contribution in [0.25, 0.3) is 0 Å². The van der Waals surface area contributed by atoms with Crippen LogP contribution >= 0.6 is 0 Å². The van der Waals surface area contributed by atoms with Crippen LogP contribution in [0.2, 0.25) is 0 Å². The van der Waals surface area contributed by atoms with Crippen LogP contribution in [0.3, 0.4) is 0 Å². The Balaban J connectivity index is 1.28. The number of hydrogen-bond donors (Lipinski definition) is 0. The van der Waals surface area contributed by atoms with Crippen molar-refractivity contribution in [3.63, 3.8) is 0 Å². The van der Waals surface area contributed by atoms with Crippen LogP contribution in [0.15, 0.2) is 42.5 Å². The molecule has 1 saturated carbocycles. The highest BCUT2D eigenvalue weighted by molar-refractivity contribution is 5.79. The van der Waals surface area contributed by atoms with Crippen LogP contribution in [-0.2, 0) is 28.9 Å². The SMILES string of the molecule is COc1cc(CN(C[C@H]2CCCO2)C(=O)C2CCCCC2)ccc1OC1Cc2ccccc2C1. The first-order valence-electron chi connectivity index (χ1n) is 13.0. The van der Waals surface area contributed by atoms with Gasteiger partial charge in [0.25, 0.3) is 0 Å². The molecule has 0 radical (unpaired) electrons. The molecule has 1 saturated heterocycles.